The van der Waals surface area contributed by atoms with E-state index < -0.39 is 5.97 Å². The summed E-state index contributed by atoms with van der Waals surface area (Å²) in [5.74, 6) is 0.547. The third-order valence-electron chi connectivity index (χ3n) is 8.01. The molecule has 0 bridgehead atoms. The van der Waals surface area contributed by atoms with Crippen molar-refractivity contribution in [1.82, 2.24) is 0 Å². The first-order valence-electron chi connectivity index (χ1n) is 9.21. The average Bonchev–Trinajstić information content (AvgIpc) is 3.14. The molecule has 0 aromatic rings. The summed E-state index contributed by atoms with van der Waals surface area (Å²) < 4.78 is 6.16. The van der Waals surface area contributed by atoms with Gasteiger partial charge in [0.05, 0.1) is 11.7 Å². The van der Waals surface area contributed by atoms with Gasteiger partial charge in [0.2, 0.25) is 0 Å². The number of allylic oxidation sites excluding steroid dienone is 1. The summed E-state index contributed by atoms with van der Waals surface area (Å²) in [4.78, 5) is 10.9. The van der Waals surface area contributed by atoms with E-state index in [0.29, 0.717) is 17.9 Å². The molecule has 3 heteroatoms. The Balaban J connectivity index is 1.82. The lowest BCUT2D eigenvalue weighted by molar-refractivity contribution is -0.131. The second kappa shape index (κ2) is 5.34. The van der Waals surface area contributed by atoms with Crippen LogP contribution in [0.25, 0.3) is 0 Å². The minimum Gasteiger partial charge on any atom is -0.478 e. The average molecular weight is 320 g/mol. The predicted octanol–water partition coefficient (Wildman–Crippen LogP) is 4.81. The third-order valence-corrected chi connectivity index (χ3v) is 8.01. The Labute approximate surface area is 140 Å². The first-order chi connectivity index (χ1) is 10.6. The number of aliphatic carboxylic acids is 1. The molecule has 0 unspecified atom stereocenters. The van der Waals surface area contributed by atoms with Crippen LogP contribution < -0.4 is 0 Å². The summed E-state index contributed by atoms with van der Waals surface area (Å²) in [5.41, 5.74) is 1.63. The molecule has 2 aliphatic carbocycles. The molecule has 0 amide bonds. The van der Waals surface area contributed by atoms with Gasteiger partial charge in [-0.25, -0.2) is 4.79 Å². The number of carboxylic acid groups (broad SMARTS) is 1. The van der Waals surface area contributed by atoms with Crippen LogP contribution in [0.2, 0.25) is 0 Å². The van der Waals surface area contributed by atoms with Crippen LogP contribution in [0.4, 0.5) is 0 Å². The van der Waals surface area contributed by atoms with Crippen LogP contribution in [-0.2, 0) is 9.53 Å². The van der Waals surface area contributed by atoms with E-state index in [-0.39, 0.29) is 16.4 Å². The van der Waals surface area contributed by atoms with E-state index in [1.54, 1.807) is 0 Å². The molecule has 1 heterocycles. The van der Waals surface area contributed by atoms with Crippen molar-refractivity contribution in [2.75, 3.05) is 0 Å². The molecule has 3 aliphatic rings. The van der Waals surface area contributed by atoms with Crippen molar-refractivity contribution in [3.05, 3.63) is 11.6 Å². The lowest BCUT2D eigenvalue weighted by Crippen LogP contribution is -2.56. The Bertz CT molecular complexity index is 539. The zero-order valence-corrected chi connectivity index (χ0v) is 15.3. The largest absolute Gasteiger partial charge is 0.478 e. The standard InChI is InChI=1S/C20H32O3/c1-13(12-17(21)22)8-10-18(3)14(2)9-11-19(4)15(18)6-7-16-20(19,5)23-16/h12,14-16H,6-11H2,1-5H3,(H,21,22)/b13-12+/t14-,15+,16+,18+,19-,20+/m0/s1. The van der Waals surface area contributed by atoms with Crippen LogP contribution in [0, 0.1) is 22.7 Å². The Morgan fingerprint density at radius 1 is 1.26 bits per heavy atom. The van der Waals surface area contributed by atoms with Gasteiger partial charge in [-0.05, 0) is 69.6 Å². The normalized spacial score (nSPS) is 49.3. The Hall–Kier alpha value is -0.830. The van der Waals surface area contributed by atoms with Crippen LogP contribution in [0.5, 0.6) is 0 Å². The van der Waals surface area contributed by atoms with Gasteiger partial charge in [0.15, 0.2) is 0 Å². The van der Waals surface area contributed by atoms with Crippen molar-refractivity contribution in [2.24, 2.45) is 22.7 Å². The van der Waals surface area contributed by atoms with Crippen LogP contribution in [0.3, 0.4) is 0 Å². The first kappa shape index (κ1) is 17.0. The highest BCUT2D eigenvalue weighted by atomic mass is 16.6. The summed E-state index contributed by atoms with van der Waals surface area (Å²) in [6, 6.07) is 0. The molecule has 1 aliphatic heterocycles. The molecule has 3 fully saturated rings. The molecule has 2 saturated carbocycles. The third kappa shape index (κ3) is 2.47. The van der Waals surface area contributed by atoms with E-state index in [1.807, 2.05) is 6.92 Å². The second-order valence-electron chi connectivity index (χ2n) is 9.04. The van der Waals surface area contributed by atoms with E-state index >= 15 is 0 Å². The van der Waals surface area contributed by atoms with Crippen molar-refractivity contribution in [3.8, 4) is 0 Å². The van der Waals surface area contributed by atoms with Gasteiger partial charge in [0, 0.05) is 11.5 Å². The fourth-order valence-electron chi connectivity index (χ4n) is 5.92. The fourth-order valence-corrected chi connectivity index (χ4v) is 5.92. The van der Waals surface area contributed by atoms with Crippen molar-refractivity contribution >= 4 is 5.97 Å². The SMILES string of the molecule is C/C(=C\C(=O)O)CC[C@@]1(C)[C@H]2CC[C@H]3O[C@@]3(C)[C@@]2(C)CC[C@@H]1C. The predicted molar refractivity (Wildman–Crippen MR) is 91.2 cm³/mol. The molecule has 0 aromatic carbocycles. The Morgan fingerprint density at radius 2 is 1.96 bits per heavy atom. The molecule has 3 rings (SSSR count). The van der Waals surface area contributed by atoms with Crippen molar-refractivity contribution in [1.29, 1.82) is 0 Å². The zero-order chi connectivity index (χ0) is 17.0. The number of hydrogen-bond acceptors (Lipinski definition) is 2. The molecule has 3 nitrogen and oxygen atoms in total. The molecule has 0 aromatic heterocycles. The number of ether oxygens (including phenoxy) is 1. The van der Waals surface area contributed by atoms with Gasteiger partial charge < -0.3 is 9.84 Å². The van der Waals surface area contributed by atoms with Crippen molar-refractivity contribution in [2.45, 2.75) is 84.8 Å². The lowest BCUT2D eigenvalue weighted by Gasteiger charge is -2.59. The minimum atomic E-state index is -0.825. The van der Waals surface area contributed by atoms with Gasteiger partial charge in [-0.1, -0.05) is 26.3 Å². The summed E-state index contributed by atoms with van der Waals surface area (Å²) >= 11 is 0. The maximum atomic E-state index is 10.9. The number of hydrogen-bond donors (Lipinski definition) is 1. The highest BCUT2D eigenvalue weighted by Crippen LogP contribution is 2.70. The molecular formula is C20H32O3. The molecule has 6 atom stereocenters. The summed E-state index contributed by atoms with van der Waals surface area (Å²) in [7, 11) is 0. The van der Waals surface area contributed by atoms with Gasteiger partial charge in [-0.2, -0.15) is 0 Å². The highest BCUT2D eigenvalue weighted by Gasteiger charge is 2.71. The molecule has 23 heavy (non-hydrogen) atoms. The quantitative estimate of drug-likeness (QED) is 0.597. The van der Waals surface area contributed by atoms with Gasteiger partial charge in [0.1, 0.15) is 0 Å². The van der Waals surface area contributed by atoms with Gasteiger partial charge in [0.25, 0.3) is 0 Å². The lowest BCUT2D eigenvalue weighted by atomic mass is 9.44. The molecular weight excluding hydrogens is 288 g/mol. The van der Waals surface area contributed by atoms with Gasteiger partial charge in [-0.3, -0.25) is 0 Å². The summed E-state index contributed by atoms with van der Waals surface area (Å²) in [6.45, 7) is 11.6. The van der Waals surface area contributed by atoms with E-state index in [4.69, 9.17) is 9.84 Å². The fraction of sp³-hybridized carbons (Fsp3) is 0.850. The smallest absolute Gasteiger partial charge is 0.328 e. The zero-order valence-electron chi connectivity index (χ0n) is 15.3. The van der Waals surface area contributed by atoms with E-state index in [9.17, 15) is 4.79 Å². The maximum absolute atomic E-state index is 10.9. The van der Waals surface area contributed by atoms with Crippen LogP contribution in [0.1, 0.15) is 73.1 Å². The first-order valence-corrected chi connectivity index (χ1v) is 9.21. The Kier molecular flexibility index (Phi) is 3.95. The summed E-state index contributed by atoms with van der Waals surface area (Å²) in [5, 5.41) is 8.95. The van der Waals surface area contributed by atoms with Crippen molar-refractivity contribution < 1.29 is 14.6 Å². The number of rotatable bonds is 4. The number of fused-ring (bicyclic) bond motifs is 3. The molecule has 1 saturated heterocycles. The molecule has 130 valence electrons. The molecule has 1 N–H and O–H groups in total. The van der Waals surface area contributed by atoms with Crippen molar-refractivity contribution in [3.63, 3.8) is 0 Å². The highest BCUT2D eigenvalue weighted by molar-refractivity contribution is 5.80. The topological polar surface area (TPSA) is 49.8 Å². The molecule has 0 spiro atoms. The molecule has 0 radical (unpaired) electrons. The van der Waals surface area contributed by atoms with Crippen LogP contribution in [0.15, 0.2) is 11.6 Å². The number of epoxide rings is 1. The monoisotopic (exact) mass is 320 g/mol. The van der Waals surface area contributed by atoms with E-state index in [0.717, 1.165) is 18.4 Å². The van der Waals surface area contributed by atoms with Gasteiger partial charge >= 0.3 is 5.97 Å². The van der Waals surface area contributed by atoms with Crippen LogP contribution in [-0.4, -0.2) is 22.8 Å². The summed E-state index contributed by atoms with van der Waals surface area (Å²) in [6.07, 6.45) is 8.82. The Morgan fingerprint density at radius 3 is 2.61 bits per heavy atom. The van der Waals surface area contributed by atoms with Crippen LogP contribution >= 0.6 is 0 Å². The second-order valence-corrected chi connectivity index (χ2v) is 9.04. The maximum Gasteiger partial charge on any atom is 0.328 e. The van der Waals surface area contributed by atoms with E-state index in [2.05, 4.69) is 27.7 Å². The number of carboxylic acids is 1. The minimum absolute atomic E-state index is 0.0866. The number of carbonyl (C=O) groups is 1. The van der Waals surface area contributed by atoms with Gasteiger partial charge in [-0.15, -0.1) is 0 Å². The van der Waals surface area contributed by atoms with E-state index in [1.165, 1.54) is 31.8 Å².